The summed E-state index contributed by atoms with van der Waals surface area (Å²) in [6.07, 6.45) is 3.87. The Morgan fingerprint density at radius 2 is 1.86 bits per heavy atom. The van der Waals surface area contributed by atoms with E-state index in [0.29, 0.717) is 24.2 Å². The Kier molecular flexibility index (Phi) is 6.44. The van der Waals surface area contributed by atoms with E-state index in [0.717, 1.165) is 16.7 Å². The molecule has 1 N–H and O–H groups in total. The Morgan fingerprint density at radius 3 is 2.45 bits per heavy atom. The molecule has 0 aliphatic heterocycles. The maximum absolute atomic E-state index is 14.5. The van der Waals surface area contributed by atoms with Gasteiger partial charge in [-0.1, -0.05) is 30.3 Å². The molecule has 1 heterocycles. The van der Waals surface area contributed by atoms with Crippen molar-refractivity contribution >= 4 is 5.91 Å². The molecule has 1 aromatic heterocycles. The second-order valence-electron chi connectivity index (χ2n) is 7.44. The van der Waals surface area contributed by atoms with Crippen LogP contribution < -0.4 is 0 Å². The summed E-state index contributed by atoms with van der Waals surface area (Å²) in [6, 6.07) is 12.4. The maximum Gasteiger partial charge on any atom is 0.274 e. The first-order chi connectivity index (χ1) is 13.9. The number of halogens is 1. The molecule has 152 valence electrons. The largest absolute Gasteiger partial charge is 0.396 e. The molecule has 1 amide bonds. The van der Waals surface area contributed by atoms with E-state index in [9.17, 15) is 9.18 Å². The van der Waals surface area contributed by atoms with Gasteiger partial charge in [-0.05, 0) is 49.1 Å². The summed E-state index contributed by atoms with van der Waals surface area (Å²) in [5, 5.41) is 9.05. The van der Waals surface area contributed by atoms with Crippen LogP contribution in [0.15, 0.2) is 55.0 Å². The molecule has 5 nitrogen and oxygen atoms in total. The zero-order valence-electron chi connectivity index (χ0n) is 17.0. The van der Waals surface area contributed by atoms with Gasteiger partial charge in [-0.25, -0.2) is 9.37 Å². The van der Waals surface area contributed by atoms with Crippen LogP contribution in [0.25, 0.3) is 11.1 Å². The average molecular weight is 395 g/mol. The third-order valence-electron chi connectivity index (χ3n) is 4.86. The van der Waals surface area contributed by atoms with E-state index in [1.807, 2.05) is 45.2 Å². The van der Waals surface area contributed by atoms with Gasteiger partial charge in [0.1, 0.15) is 11.5 Å². The molecule has 0 radical (unpaired) electrons. The number of aliphatic hydroxyl groups is 1. The SMILES string of the molecule is CC(C)N(Cc1ccc(F)c(-c2ccc(CCO)cc2)c1)C(=O)c1cn(C)cn1. The highest BCUT2D eigenvalue weighted by atomic mass is 19.1. The van der Waals surface area contributed by atoms with Crippen molar-refractivity contribution in [3.63, 3.8) is 0 Å². The Labute approximate surface area is 170 Å². The molecule has 0 saturated heterocycles. The summed E-state index contributed by atoms with van der Waals surface area (Å²) in [6.45, 7) is 4.35. The summed E-state index contributed by atoms with van der Waals surface area (Å²) in [5.41, 5.74) is 3.49. The molecule has 29 heavy (non-hydrogen) atoms. The first kappa shape index (κ1) is 20.7. The summed E-state index contributed by atoms with van der Waals surface area (Å²) < 4.78 is 16.2. The lowest BCUT2D eigenvalue weighted by atomic mass is 10.00. The Morgan fingerprint density at radius 1 is 1.17 bits per heavy atom. The van der Waals surface area contributed by atoms with Crippen LogP contribution in [-0.2, 0) is 20.0 Å². The number of rotatable bonds is 7. The van der Waals surface area contributed by atoms with Crippen LogP contribution in [0.1, 0.15) is 35.5 Å². The second-order valence-corrected chi connectivity index (χ2v) is 7.44. The van der Waals surface area contributed by atoms with Crippen molar-refractivity contribution in [3.05, 3.63) is 77.6 Å². The lowest BCUT2D eigenvalue weighted by Crippen LogP contribution is -2.36. The molecule has 3 rings (SSSR count). The molecule has 6 heteroatoms. The van der Waals surface area contributed by atoms with Crippen molar-refractivity contribution in [2.75, 3.05) is 6.61 Å². The van der Waals surface area contributed by atoms with E-state index < -0.39 is 0 Å². The lowest BCUT2D eigenvalue weighted by molar-refractivity contribution is 0.0684. The fourth-order valence-electron chi connectivity index (χ4n) is 3.23. The highest BCUT2D eigenvalue weighted by Crippen LogP contribution is 2.26. The monoisotopic (exact) mass is 395 g/mol. The minimum absolute atomic E-state index is 0.0317. The molecular weight excluding hydrogens is 369 g/mol. The van der Waals surface area contributed by atoms with Gasteiger partial charge in [0.2, 0.25) is 0 Å². The highest BCUT2D eigenvalue weighted by molar-refractivity contribution is 5.92. The molecule has 0 aliphatic rings. The van der Waals surface area contributed by atoms with Gasteiger partial charge in [0, 0.05) is 38.0 Å². The van der Waals surface area contributed by atoms with Gasteiger partial charge < -0.3 is 14.6 Å². The van der Waals surface area contributed by atoms with E-state index in [2.05, 4.69) is 4.98 Å². The van der Waals surface area contributed by atoms with Gasteiger partial charge in [-0.3, -0.25) is 4.79 Å². The summed E-state index contributed by atoms with van der Waals surface area (Å²) in [4.78, 5) is 18.8. The average Bonchev–Trinajstić information content (AvgIpc) is 3.14. The fourth-order valence-corrected chi connectivity index (χ4v) is 3.23. The number of hydrogen-bond donors (Lipinski definition) is 1. The number of amides is 1. The van der Waals surface area contributed by atoms with Gasteiger partial charge in [-0.15, -0.1) is 0 Å². The van der Waals surface area contributed by atoms with Crippen LogP contribution in [-0.4, -0.2) is 38.1 Å². The molecule has 0 aliphatic carbocycles. The first-order valence-electron chi connectivity index (χ1n) is 9.66. The number of nitrogens with zero attached hydrogens (tertiary/aromatic N) is 3. The zero-order valence-corrected chi connectivity index (χ0v) is 17.0. The number of imidazole rings is 1. The van der Waals surface area contributed by atoms with E-state index in [-0.39, 0.29) is 24.4 Å². The quantitative estimate of drug-likeness (QED) is 0.662. The van der Waals surface area contributed by atoms with Crippen molar-refractivity contribution in [3.8, 4) is 11.1 Å². The molecule has 0 saturated carbocycles. The number of aryl methyl sites for hydroxylation is 1. The Bertz CT molecular complexity index is 980. The molecular formula is C23H26FN3O2. The topological polar surface area (TPSA) is 58.4 Å². The predicted molar refractivity (Wildman–Crippen MR) is 111 cm³/mol. The maximum atomic E-state index is 14.5. The minimum atomic E-state index is -0.309. The first-order valence-corrected chi connectivity index (χ1v) is 9.66. The molecule has 0 fully saturated rings. The Hall–Kier alpha value is -2.99. The molecule has 0 atom stereocenters. The molecule has 0 unspecified atom stereocenters. The van der Waals surface area contributed by atoms with Gasteiger partial charge >= 0.3 is 0 Å². The number of aromatic nitrogens is 2. The molecule has 2 aromatic carbocycles. The van der Waals surface area contributed by atoms with Gasteiger partial charge in [0.15, 0.2) is 0 Å². The predicted octanol–water partition coefficient (Wildman–Crippen LogP) is 3.81. The lowest BCUT2D eigenvalue weighted by Gasteiger charge is -2.26. The van der Waals surface area contributed by atoms with E-state index >= 15 is 0 Å². The third kappa shape index (κ3) is 4.90. The zero-order chi connectivity index (χ0) is 21.0. The van der Waals surface area contributed by atoms with E-state index in [1.54, 1.807) is 34.1 Å². The molecule has 0 bridgehead atoms. The molecule has 0 spiro atoms. The number of carbonyl (C=O) groups excluding carboxylic acids is 1. The fraction of sp³-hybridized carbons (Fsp3) is 0.304. The molecule has 3 aromatic rings. The standard InChI is InChI=1S/C23H26FN3O2/c1-16(2)27(23(29)22-14-26(3)15-25-22)13-18-6-9-21(24)20(12-18)19-7-4-17(5-8-19)10-11-28/h4-9,12,14-16,28H,10-11,13H2,1-3H3. The number of aliphatic hydroxyl groups excluding tert-OH is 1. The van der Waals surface area contributed by atoms with E-state index in [1.165, 1.54) is 6.07 Å². The van der Waals surface area contributed by atoms with Gasteiger partial charge in [-0.2, -0.15) is 0 Å². The number of carbonyl (C=O) groups is 1. The van der Waals surface area contributed by atoms with Crippen LogP contribution in [0.4, 0.5) is 4.39 Å². The van der Waals surface area contributed by atoms with E-state index in [4.69, 9.17) is 5.11 Å². The van der Waals surface area contributed by atoms with Crippen molar-refractivity contribution in [2.24, 2.45) is 7.05 Å². The van der Waals surface area contributed by atoms with Crippen molar-refractivity contribution < 1.29 is 14.3 Å². The summed E-state index contributed by atoms with van der Waals surface area (Å²) in [7, 11) is 1.82. The Balaban J connectivity index is 1.86. The third-order valence-corrected chi connectivity index (χ3v) is 4.86. The number of benzene rings is 2. The van der Waals surface area contributed by atoms with Crippen molar-refractivity contribution in [1.29, 1.82) is 0 Å². The van der Waals surface area contributed by atoms with Gasteiger partial charge in [0.25, 0.3) is 5.91 Å². The summed E-state index contributed by atoms with van der Waals surface area (Å²) in [5.74, 6) is -0.462. The minimum Gasteiger partial charge on any atom is -0.396 e. The van der Waals surface area contributed by atoms with Crippen LogP contribution in [0.2, 0.25) is 0 Å². The van der Waals surface area contributed by atoms with Crippen LogP contribution in [0, 0.1) is 5.82 Å². The number of hydrogen-bond acceptors (Lipinski definition) is 3. The summed E-state index contributed by atoms with van der Waals surface area (Å²) >= 11 is 0. The van der Waals surface area contributed by atoms with Gasteiger partial charge in [0.05, 0.1) is 6.33 Å². The smallest absolute Gasteiger partial charge is 0.274 e. The van der Waals surface area contributed by atoms with Crippen LogP contribution >= 0.6 is 0 Å². The van der Waals surface area contributed by atoms with Crippen LogP contribution in [0.5, 0.6) is 0 Å². The van der Waals surface area contributed by atoms with Crippen molar-refractivity contribution in [2.45, 2.75) is 32.9 Å². The van der Waals surface area contributed by atoms with Crippen molar-refractivity contribution in [1.82, 2.24) is 14.5 Å². The second kappa shape index (κ2) is 9.01. The van der Waals surface area contributed by atoms with Crippen LogP contribution in [0.3, 0.4) is 0 Å². The highest BCUT2D eigenvalue weighted by Gasteiger charge is 2.21. The normalized spacial score (nSPS) is 11.1.